The molecule has 2 N–H and O–H groups in total. The summed E-state index contributed by atoms with van der Waals surface area (Å²) < 4.78 is 5.53. The molecule has 3 rings (SSSR count). The van der Waals surface area contributed by atoms with Crippen molar-refractivity contribution in [2.75, 3.05) is 25.0 Å². The Morgan fingerprint density at radius 2 is 1.66 bits per heavy atom. The molecule has 2 aromatic rings. The third kappa shape index (κ3) is 7.11. The first-order valence-electron chi connectivity index (χ1n) is 11.2. The van der Waals surface area contributed by atoms with E-state index in [1.54, 1.807) is 29.2 Å². The number of urea groups is 1. The topological polar surface area (TPSA) is 87.7 Å². The maximum Gasteiger partial charge on any atom is 0.319 e. The number of ether oxygens (including phenoxy) is 1. The Bertz CT molecular complexity index is 891. The van der Waals surface area contributed by atoms with E-state index in [2.05, 4.69) is 10.6 Å². The molecule has 1 heterocycles. The van der Waals surface area contributed by atoms with E-state index >= 15 is 0 Å². The second kappa shape index (κ2) is 11.9. The lowest BCUT2D eigenvalue weighted by Gasteiger charge is -2.32. The van der Waals surface area contributed by atoms with Gasteiger partial charge in [0.05, 0.1) is 6.61 Å². The van der Waals surface area contributed by atoms with Crippen LogP contribution in [0.1, 0.15) is 49.4 Å². The zero-order valence-corrected chi connectivity index (χ0v) is 18.5. The van der Waals surface area contributed by atoms with Crippen molar-refractivity contribution in [2.24, 2.45) is 0 Å². The number of anilines is 1. The summed E-state index contributed by atoms with van der Waals surface area (Å²) in [5, 5.41) is 5.77. The molecule has 170 valence electrons. The number of nitrogens with zero attached hydrogens (tertiary/aromatic N) is 1. The Kier molecular flexibility index (Phi) is 8.66. The summed E-state index contributed by atoms with van der Waals surface area (Å²) in [4.78, 5) is 38.9. The Morgan fingerprint density at radius 3 is 2.31 bits per heavy atom. The molecule has 0 unspecified atom stereocenters. The first-order valence-corrected chi connectivity index (χ1v) is 11.2. The lowest BCUT2D eigenvalue weighted by Crippen LogP contribution is -2.47. The van der Waals surface area contributed by atoms with Crippen LogP contribution in [-0.4, -0.2) is 48.4 Å². The van der Waals surface area contributed by atoms with E-state index in [4.69, 9.17) is 4.74 Å². The smallest absolute Gasteiger partial charge is 0.319 e. The molecule has 1 aliphatic rings. The molecule has 7 heteroatoms. The number of amides is 3. The van der Waals surface area contributed by atoms with Gasteiger partial charge in [-0.25, -0.2) is 4.79 Å². The average Bonchev–Trinajstić information content (AvgIpc) is 2.82. The highest BCUT2D eigenvalue weighted by Gasteiger charge is 2.24. The van der Waals surface area contributed by atoms with Crippen LogP contribution in [0.25, 0.3) is 0 Å². The number of Topliss-reactive ketones (excluding diaryl/α,β-unsaturated/α-hetero) is 1. The summed E-state index contributed by atoms with van der Waals surface area (Å²) in [6.07, 6.45) is 2.70. The largest absolute Gasteiger partial charge is 0.494 e. The highest BCUT2D eigenvalue weighted by atomic mass is 16.5. The Morgan fingerprint density at radius 1 is 0.969 bits per heavy atom. The van der Waals surface area contributed by atoms with Crippen LogP contribution in [0.2, 0.25) is 0 Å². The van der Waals surface area contributed by atoms with Crippen molar-refractivity contribution >= 4 is 23.4 Å². The molecule has 0 aromatic heterocycles. The minimum absolute atomic E-state index is 0.0200. The van der Waals surface area contributed by atoms with E-state index in [9.17, 15) is 14.4 Å². The van der Waals surface area contributed by atoms with Crippen molar-refractivity contribution in [3.05, 3.63) is 60.2 Å². The van der Waals surface area contributed by atoms with E-state index < -0.39 is 0 Å². The lowest BCUT2D eigenvalue weighted by atomic mass is 10.0. The van der Waals surface area contributed by atoms with Gasteiger partial charge in [-0.3, -0.25) is 9.59 Å². The van der Waals surface area contributed by atoms with Crippen molar-refractivity contribution in [3.63, 3.8) is 0 Å². The molecule has 0 atom stereocenters. The molecule has 1 saturated heterocycles. The predicted octanol–water partition coefficient (Wildman–Crippen LogP) is 4.25. The fourth-order valence-electron chi connectivity index (χ4n) is 3.63. The van der Waals surface area contributed by atoms with Crippen LogP contribution in [0.5, 0.6) is 5.75 Å². The molecule has 1 fully saturated rings. The van der Waals surface area contributed by atoms with Crippen LogP contribution in [0.15, 0.2) is 54.6 Å². The number of carbonyl (C=O) groups excluding carboxylic acids is 3. The number of ketones is 1. The average molecular weight is 438 g/mol. The SMILES string of the molecule is CCCOc1ccc(C(=O)CCC(=O)N2CCC(NC(=O)Nc3ccccc3)CC2)cc1. The molecule has 3 amide bonds. The van der Waals surface area contributed by atoms with Crippen molar-refractivity contribution < 1.29 is 19.1 Å². The fraction of sp³-hybridized carbons (Fsp3) is 0.400. The van der Waals surface area contributed by atoms with Gasteiger partial charge in [0.1, 0.15) is 5.75 Å². The predicted molar refractivity (Wildman–Crippen MR) is 124 cm³/mol. The number of para-hydroxylation sites is 1. The molecule has 2 aromatic carbocycles. The van der Waals surface area contributed by atoms with Crippen LogP contribution in [-0.2, 0) is 4.79 Å². The number of piperidine rings is 1. The van der Waals surface area contributed by atoms with Gasteiger partial charge in [0, 0.05) is 43.2 Å². The molecular weight excluding hydrogens is 406 g/mol. The molecule has 0 spiro atoms. The van der Waals surface area contributed by atoms with Crippen LogP contribution in [0.4, 0.5) is 10.5 Å². The lowest BCUT2D eigenvalue weighted by molar-refractivity contribution is -0.132. The van der Waals surface area contributed by atoms with Crippen LogP contribution in [0.3, 0.4) is 0 Å². The minimum Gasteiger partial charge on any atom is -0.494 e. The molecule has 1 aliphatic heterocycles. The Labute approximate surface area is 189 Å². The number of hydrogen-bond acceptors (Lipinski definition) is 4. The molecular formula is C25H31N3O4. The van der Waals surface area contributed by atoms with Crippen molar-refractivity contribution in [2.45, 2.75) is 45.1 Å². The zero-order chi connectivity index (χ0) is 22.8. The second-order valence-corrected chi connectivity index (χ2v) is 7.92. The maximum absolute atomic E-state index is 12.5. The first-order chi connectivity index (χ1) is 15.5. The fourth-order valence-corrected chi connectivity index (χ4v) is 3.63. The van der Waals surface area contributed by atoms with Crippen LogP contribution < -0.4 is 15.4 Å². The zero-order valence-electron chi connectivity index (χ0n) is 18.5. The number of hydrogen-bond donors (Lipinski definition) is 2. The van der Waals surface area contributed by atoms with E-state index in [-0.39, 0.29) is 36.6 Å². The van der Waals surface area contributed by atoms with Gasteiger partial charge >= 0.3 is 6.03 Å². The van der Waals surface area contributed by atoms with Gasteiger partial charge in [-0.15, -0.1) is 0 Å². The van der Waals surface area contributed by atoms with Gasteiger partial charge in [0.2, 0.25) is 5.91 Å². The highest BCUT2D eigenvalue weighted by molar-refractivity contribution is 5.98. The Balaban J connectivity index is 1.37. The summed E-state index contributed by atoms with van der Waals surface area (Å²) >= 11 is 0. The van der Waals surface area contributed by atoms with E-state index in [0.29, 0.717) is 38.1 Å². The summed E-state index contributed by atoms with van der Waals surface area (Å²) in [5.41, 5.74) is 1.33. The quantitative estimate of drug-likeness (QED) is 0.574. The summed E-state index contributed by atoms with van der Waals surface area (Å²) in [6.45, 7) is 3.84. The highest BCUT2D eigenvalue weighted by Crippen LogP contribution is 2.16. The molecule has 0 saturated carbocycles. The number of carbonyl (C=O) groups is 3. The second-order valence-electron chi connectivity index (χ2n) is 7.92. The molecule has 0 bridgehead atoms. The summed E-state index contributed by atoms with van der Waals surface area (Å²) in [5.74, 6) is 0.677. The third-order valence-electron chi connectivity index (χ3n) is 5.43. The molecule has 0 aliphatic carbocycles. The van der Waals surface area contributed by atoms with Crippen LogP contribution in [0, 0.1) is 0 Å². The molecule has 32 heavy (non-hydrogen) atoms. The monoisotopic (exact) mass is 437 g/mol. The van der Waals surface area contributed by atoms with Gasteiger partial charge in [0.15, 0.2) is 5.78 Å². The first kappa shape index (κ1) is 23.3. The van der Waals surface area contributed by atoms with E-state index in [1.165, 1.54) is 0 Å². The Hall–Kier alpha value is -3.35. The van der Waals surface area contributed by atoms with E-state index in [0.717, 1.165) is 17.9 Å². The standard InChI is InChI=1S/C25H31N3O4/c1-2-18-32-22-10-8-19(9-11-22)23(29)12-13-24(30)28-16-14-21(15-17-28)27-25(31)26-20-6-4-3-5-7-20/h3-11,21H,2,12-18H2,1H3,(H2,26,27,31). The number of benzene rings is 2. The van der Waals surface area contributed by atoms with Gasteiger partial charge in [0.25, 0.3) is 0 Å². The molecule has 0 radical (unpaired) electrons. The van der Waals surface area contributed by atoms with Gasteiger partial charge in [-0.1, -0.05) is 25.1 Å². The molecule has 7 nitrogen and oxygen atoms in total. The third-order valence-corrected chi connectivity index (χ3v) is 5.43. The van der Waals surface area contributed by atoms with Crippen LogP contribution >= 0.6 is 0 Å². The van der Waals surface area contributed by atoms with Gasteiger partial charge in [-0.2, -0.15) is 0 Å². The maximum atomic E-state index is 12.5. The summed E-state index contributed by atoms with van der Waals surface area (Å²) in [6, 6.07) is 16.1. The van der Waals surface area contributed by atoms with Gasteiger partial charge in [-0.05, 0) is 55.7 Å². The van der Waals surface area contributed by atoms with E-state index in [1.807, 2.05) is 37.3 Å². The minimum atomic E-state index is -0.238. The number of nitrogens with one attached hydrogen (secondary N) is 2. The van der Waals surface area contributed by atoms with Crippen molar-refractivity contribution in [1.82, 2.24) is 10.2 Å². The number of likely N-dealkylation sites (tertiary alicyclic amines) is 1. The van der Waals surface area contributed by atoms with Crippen molar-refractivity contribution in [1.29, 1.82) is 0 Å². The van der Waals surface area contributed by atoms with Crippen molar-refractivity contribution in [3.8, 4) is 5.75 Å². The normalized spacial score (nSPS) is 14.0. The van der Waals surface area contributed by atoms with Gasteiger partial charge < -0.3 is 20.3 Å². The number of rotatable bonds is 9. The summed E-state index contributed by atoms with van der Waals surface area (Å²) in [7, 11) is 0.